The molecule has 2 amide bonds. The van der Waals surface area contributed by atoms with E-state index in [0.717, 1.165) is 19.3 Å². The number of allylic oxidation sites excluding steroid dienone is 1. The van der Waals surface area contributed by atoms with Crippen LogP contribution in [-0.4, -0.2) is 32.3 Å². The van der Waals surface area contributed by atoms with Crippen molar-refractivity contribution in [1.82, 2.24) is 10.6 Å². The number of urea groups is 1. The molecule has 0 bridgehead atoms. The van der Waals surface area contributed by atoms with Crippen molar-refractivity contribution in [3.8, 4) is 11.5 Å². The lowest BCUT2D eigenvalue weighted by Crippen LogP contribution is -2.45. The average molecular weight is 388 g/mol. The van der Waals surface area contributed by atoms with E-state index in [1.54, 1.807) is 39.3 Å². The molecule has 1 fully saturated rings. The number of methoxy groups -OCH3 is 2. The van der Waals surface area contributed by atoms with Gasteiger partial charge in [-0.1, -0.05) is 13.3 Å². The lowest BCUT2D eigenvalue weighted by atomic mass is 9.88. The highest BCUT2D eigenvalue weighted by Gasteiger charge is 2.35. The van der Waals surface area contributed by atoms with E-state index in [0.29, 0.717) is 34.3 Å². The molecule has 0 saturated heterocycles. The first-order valence-electron chi connectivity index (χ1n) is 9.64. The number of ether oxygens (including phenoxy) is 3. The molecule has 3 rings (SSSR count). The molecule has 2 aliphatic rings. The van der Waals surface area contributed by atoms with Gasteiger partial charge in [0.05, 0.1) is 25.8 Å². The molecule has 1 aromatic carbocycles. The Morgan fingerprint density at radius 1 is 1.18 bits per heavy atom. The van der Waals surface area contributed by atoms with Crippen molar-refractivity contribution in [3.63, 3.8) is 0 Å². The molecule has 0 unspecified atom stereocenters. The molecule has 2 N–H and O–H groups in total. The van der Waals surface area contributed by atoms with Crippen LogP contribution in [0.3, 0.4) is 0 Å². The van der Waals surface area contributed by atoms with E-state index in [9.17, 15) is 9.59 Å². The maximum atomic E-state index is 13.1. The first-order chi connectivity index (χ1) is 13.4. The first-order valence-corrected chi connectivity index (χ1v) is 9.64. The molecule has 1 aliphatic carbocycles. The Hall–Kier alpha value is -2.70. The second-order valence-electron chi connectivity index (χ2n) is 7.48. The summed E-state index contributed by atoms with van der Waals surface area (Å²) in [6, 6.07) is 4.25. The first kappa shape index (κ1) is 20.0. The molecule has 28 heavy (non-hydrogen) atoms. The molecule has 7 nitrogen and oxygen atoms in total. The number of nitrogens with one attached hydrogen (secondary N) is 2. The van der Waals surface area contributed by atoms with Crippen molar-refractivity contribution in [2.45, 2.75) is 51.7 Å². The Labute approximate surface area is 165 Å². The third-order valence-electron chi connectivity index (χ3n) is 5.40. The van der Waals surface area contributed by atoms with E-state index in [4.69, 9.17) is 14.2 Å². The van der Waals surface area contributed by atoms with Crippen LogP contribution in [0, 0.1) is 5.92 Å². The van der Waals surface area contributed by atoms with Gasteiger partial charge in [-0.3, -0.25) is 0 Å². The summed E-state index contributed by atoms with van der Waals surface area (Å²) < 4.78 is 16.5. The Balaban J connectivity index is 1.91. The standard InChI is InChI=1S/C21H28N2O5/c1-12-6-5-7-15(10-12)28-20(24)18-13(2)22-21(25)23-19(18)16-9-8-14(26-3)11-17(16)27-4/h8-9,11-12,15,19H,5-7,10H2,1-4H3,(H2,22,23,25)/t12-,15-,19+/m1/s1. The monoisotopic (exact) mass is 388 g/mol. The number of hydrogen-bond acceptors (Lipinski definition) is 5. The summed E-state index contributed by atoms with van der Waals surface area (Å²) >= 11 is 0. The maximum Gasteiger partial charge on any atom is 0.338 e. The van der Waals surface area contributed by atoms with Crippen LogP contribution in [0.2, 0.25) is 0 Å². The van der Waals surface area contributed by atoms with Crippen LogP contribution >= 0.6 is 0 Å². The van der Waals surface area contributed by atoms with Gasteiger partial charge in [-0.25, -0.2) is 9.59 Å². The van der Waals surface area contributed by atoms with Crippen molar-refractivity contribution >= 4 is 12.0 Å². The Morgan fingerprint density at radius 2 is 1.96 bits per heavy atom. The van der Waals surface area contributed by atoms with Crippen molar-refractivity contribution < 1.29 is 23.8 Å². The lowest BCUT2D eigenvalue weighted by molar-refractivity contribution is -0.146. The van der Waals surface area contributed by atoms with Gasteiger partial charge >= 0.3 is 12.0 Å². The maximum absolute atomic E-state index is 13.1. The van der Waals surface area contributed by atoms with Crippen molar-refractivity contribution in [1.29, 1.82) is 0 Å². The Morgan fingerprint density at radius 3 is 2.64 bits per heavy atom. The largest absolute Gasteiger partial charge is 0.497 e. The van der Waals surface area contributed by atoms with Gasteiger partial charge in [-0.15, -0.1) is 0 Å². The quantitative estimate of drug-likeness (QED) is 0.755. The zero-order chi connectivity index (χ0) is 20.3. The second kappa shape index (κ2) is 8.54. The minimum atomic E-state index is -0.664. The molecule has 1 heterocycles. The molecule has 1 saturated carbocycles. The second-order valence-corrected chi connectivity index (χ2v) is 7.48. The summed E-state index contributed by atoms with van der Waals surface area (Å²) in [6.45, 7) is 3.89. The van der Waals surface area contributed by atoms with E-state index in [1.165, 1.54) is 6.42 Å². The van der Waals surface area contributed by atoms with Gasteiger partial charge in [0.15, 0.2) is 0 Å². The van der Waals surface area contributed by atoms with E-state index in [2.05, 4.69) is 17.6 Å². The van der Waals surface area contributed by atoms with Crippen LogP contribution in [0.25, 0.3) is 0 Å². The normalized spacial score (nSPS) is 24.9. The Kier molecular flexibility index (Phi) is 6.11. The van der Waals surface area contributed by atoms with Gasteiger partial charge in [-0.05, 0) is 44.2 Å². The highest BCUT2D eigenvalue weighted by atomic mass is 16.5. The van der Waals surface area contributed by atoms with Crippen molar-refractivity contribution in [2.75, 3.05) is 14.2 Å². The van der Waals surface area contributed by atoms with Gasteiger partial charge < -0.3 is 24.8 Å². The van der Waals surface area contributed by atoms with E-state index >= 15 is 0 Å². The highest BCUT2D eigenvalue weighted by Crippen LogP contribution is 2.36. The topological polar surface area (TPSA) is 85.9 Å². The van der Waals surface area contributed by atoms with E-state index in [1.807, 2.05) is 0 Å². The predicted octanol–water partition coefficient (Wildman–Crippen LogP) is 3.45. The third kappa shape index (κ3) is 4.24. The third-order valence-corrected chi connectivity index (χ3v) is 5.40. The molecule has 0 radical (unpaired) electrons. The molecular formula is C21H28N2O5. The fourth-order valence-corrected chi connectivity index (χ4v) is 3.95. The summed E-state index contributed by atoms with van der Waals surface area (Å²) in [7, 11) is 3.11. The van der Waals surface area contributed by atoms with Crippen molar-refractivity contribution in [2.24, 2.45) is 5.92 Å². The molecule has 1 aromatic rings. The van der Waals surface area contributed by atoms with Gasteiger partial charge in [0.2, 0.25) is 0 Å². The van der Waals surface area contributed by atoms with Crippen LogP contribution in [0.5, 0.6) is 11.5 Å². The van der Waals surface area contributed by atoms with Crippen LogP contribution in [-0.2, 0) is 9.53 Å². The molecule has 7 heteroatoms. The highest BCUT2D eigenvalue weighted by molar-refractivity contribution is 5.95. The van der Waals surface area contributed by atoms with Crippen LogP contribution < -0.4 is 20.1 Å². The fourth-order valence-electron chi connectivity index (χ4n) is 3.95. The molecule has 3 atom stereocenters. The lowest BCUT2D eigenvalue weighted by Gasteiger charge is -2.31. The molecule has 0 aromatic heterocycles. The van der Waals surface area contributed by atoms with E-state index in [-0.39, 0.29) is 12.1 Å². The molecule has 152 valence electrons. The minimum absolute atomic E-state index is 0.0902. The van der Waals surface area contributed by atoms with Gasteiger partial charge in [0.25, 0.3) is 0 Å². The number of rotatable bonds is 5. The van der Waals surface area contributed by atoms with Gasteiger partial charge in [0.1, 0.15) is 17.6 Å². The van der Waals surface area contributed by atoms with Gasteiger partial charge in [0, 0.05) is 17.3 Å². The number of amides is 2. The van der Waals surface area contributed by atoms with E-state index < -0.39 is 12.0 Å². The Bertz CT molecular complexity index is 789. The van der Waals surface area contributed by atoms with Crippen LogP contribution in [0.15, 0.2) is 29.5 Å². The number of carbonyl (C=O) groups excluding carboxylic acids is 2. The minimum Gasteiger partial charge on any atom is -0.497 e. The number of benzene rings is 1. The SMILES string of the molecule is COc1ccc([C@@H]2NC(=O)NC(C)=C2C(=O)O[C@@H]2CCC[C@@H](C)C2)c(OC)c1. The molecule has 1 aliphatic heterocycles. The number of hydrogen-bond donors (Lipinski definition) is 2. The number of carbonyl (C=O) groups is 2. The summed E-state index contributed by atoms with van der Waals surface area (Å²) in [4.78, 5) is 25.2. The molecular weight excluding hydrogens is 360 g/mol. The summed E-state index contributed by atoms with van der Waals surface area (Å²) in [6.07, 6.45) is 3.88. The molecule has 0 spiro atoms. The summed E-state index contributed by atoms with van der Waals surface area (Å²) in [5, 5.41) is 5.50. The smallest absolute Gasteiger partial charge is 0.338 e. The van der Waals surface area contributed by atoms with Crippen molar-refractivity contribution in [3.05, 3.63) is 35.0 Å². The predicted molar refractivity (Wildman–Crippen MR) is 104 cm³/mol. The summed E-state index contributed by atoms with van der Waals surface area (Å²) in [5.41, 5.74) is 1.54. The van der Waals surface area contributed by atoms with Crippen LogP contribution in [0.4, 0.5) is 4.79 Å². The summed E-state index contributed by atoms with van der Waals surface area (Å²) in [5.74, 6) is 1.29. The number of esters is 1. The van der Waals surface area contributed by atoms with Crippen LogP contribution in [0.1, 0.15) is 51.1 Å². The average Bonchev–Trinajstić information content (AvgIpc) is 2.66. The fraction of sp³-hybridized carbons (Fsp3) is 0.524. The van der Waals surface area contributed by atoms with Gasteiger partial charge in [-0.2, -0.15) is 0 Å². The zero-order valence-corrected chi connectivity index (χ0v) is 16.8. The zero-order valence-electron chi connectivity index (χ0n) is 16.8.